The number of nitrogens with one attached hydrogen (secondary N) is 1. The lowest BCUT2D eigenvalue weighted by Crippen LogP contribution is -1.84. The third-order valence-electron chi connectivity index (χ3n) is 4.02. The zero-order valence-corrected chi connectivity index (χ0v) is 15.6. The Balaban J connectivity index is 0.000000552. The van der Waals surface area contributed by atoms with E-state index in [1.807, 2.05) is 30.3 Å². The van der Waals surface area contributed by atoms with Gasteiger partial charge in [0.1, 0.15) is 17.4 Å². The topological polar surface area (TPSA) is 86.2 Å². The first-order valence-electron chi connectivity index (χ1n) is 8.84. The van der Waals surface area contributed by atoms with Gasteiger partial charge in [-0.05, 0) is 48.5 Å². The zero-order valence-electron chi connectivity index (χ0n) is 15.6. The number of phenols is 1. The van der Waals surface area contributed by atoms with E-state index in [-0.39, 0.29) is 11.6 Å². The Morgan fingerprint density at radius 1 is 0.862 bits per heavy atom. The minimum absolute atomic E-state index is 0.206. The summed E-state index contributed by atoms with van der Waals surface area (Å²) in [5, 5.41) is 16.9. The number of carboxylic acid groups (broad SMARTS) is 1. The maximum Gasteiger partial charge on any atom is 0.300 e. The normalized spacial score (nSPS) is 10.1. The molecule has 0 aliphatic rings. The van der Waals surface area contributed by atoms with Crippen molar-refractivity contribution in [3.63, 3.8) is 0 Å². The second kappa shape index (κ2) is 8.84. The molecule has 29 heavy (non-hydrogen) atoms. The summed E-state index contributed by atoms with van der Waals surface area (Å²) in [6.45, 7) is 1.08. The predicted octanol–water partition coefficient (Wildman–Crippen LogP) is 5.35. The van der Waals surface area contributed by atoms with Crippen molar-refractivity contribution in [1.29, 1.82) is 0 Å². The van der Waals surface area contributed by atoms with Gasteiger partial charge in [0.15, 0.2) is 0 Å². The van der Waals surface area contributed by atoms with Crippen LogP contribution in [0.15, 0.2) is 78.9 Å². The summed E-state index contributed by atoms with van der Waals surface area (Å²) in [6.07, 6.45) is 0. The fourth-order valence-corrected chi connectivity index (χ4v) is 2.76. The lowest BCUT2D eigenvalue weighted by molar-refractivity contribution is -0.134. The van der Waals surface area contributed by atoms with Crippen molar-refractivity contribution in [3.05, 3.63) is 84.7 Å². The number of carbonyl (C=O) groups is 1. The van der Waals surface area contributed by atoms with Crippen LogP contribution in [0.25, 0.3) is 33.9 Å². The first-order valence-corrected chi connectivity index (χ1v) is 8.84. The molecule has 1 heterocycles. The van der Waals surface area contributed by atoms with Crippen molar-refractivity contribution in [2.75, 3.05) is 0 Å². The molecule has 6 heteroatoms. The number of H-pyrrole nitrogens is 1. The van der Waals surface area contributed by atoms with Crippen LogP contribution in [0.5, 0.6) is 5.75 Å². The van der Waals surface area contributed by atoms with Gasteiger partial charge in [-0.15, -0.1) is 0 Å². The minimum atomic E-state index is -0.833. The van der Waals surface area contributed by atoms with Crippen molar-refractivity contribution in [2.24, 2.45) is 0 Å². The number of imidazole rings is 1. The van der Waals surface area contributed by atoms with E-state index in [1.165, 1.54) is 12.1 Å². The first-order chi connectivity index (χ1) is 13.9. The highest BCUT2D eigenvalue weighted by molar-refractivity contribution is 5.81. The zero-order chi connectivity index (χ0) is 20.8. The maximum atomic E-state index is 13.3. The van der Waals surface area contributed by atoms with E-state index in [2.05, 4.69) is 4.98 Å². The van der Waals surface area contributed by atoms with Gasteiger partial charge < -0.3 is 15.2 Å². The fourth-order valence-electron chi connectivity index (χ4n) is 2.76. The van der Waals surface area contributed by atoms with Crippen molar-refractivity contribution in [2.45, 2.75) is 6.92 Å². The van der Waals surface area contributed by atoms with Crippen LogP contribution in [-0.2, 0) is 4.79 Å². The van der Waals surface area contributed by atoms with Gasteiger partial charge >= 0.3 is 0 Å². The Hall–Kier alpha value is -3.93. The maximum absolute atomic E-state index is 13.3. The lowest BCUT2D eigenvalue weighted by atomic mass is 10.1. The van der Waals surface area contributed by atoms with E-state index in [4.69, 9.17) is 14.9 Å². The summed E-state index contributed by atoms with van der Waals surface area (Å²) in [5.41, 5.74) is 4.33. The van der Waals surface area contributed by atoms with Gasteiger partial charge in [0.05, 0.1) is 11.4 Å². The molecule has 0 saturated carbocycles. The van der Waals surface area contributed by atoms with Gasteiger partial charge in [0, 0.05) is 23.6 Å². The number of hydrogen-bond donors (Lipinski definition) is 3. The highest BCUT2D eigenvalue weighted by atomic mass is 19.1. The molecule has 5 nitrogen and oxygen atoms in total. The van der Waals surface area contributed by atoms with E-state index in [0.29, 0.717) is 5.82 Å². The molecule has 0 atom stereocenters. The third kappa shape index (κ3) is 5.07. The summed E-state index contributed by atoms with van der Waals surface area (Å²) in [7, 11) is 0. The number of hydrogen-bond acceptors (Lipinski definition) is 3. The Labute approximate surface area is 167 Å². The Morgan fingerprint density at radius 2 is 1.41 bits per heavy atom. The van der Waals surface area contributed by atoms with Gasteiger partial charge in [-0.2, -0.15) is 0 Å². The molecule has 146 valence electrons. The second-order valence-electron chi connectivity index (χ2n) is 6.25. The number of aromatic amines is 1. The molecule has 0 aliphatic carbocycles. The molecule has 0 fully saturated rings. The minimum Gasteiger partial charge on any atom is -0.508 e. The molecule has 3 N–H and O–H groups in total. The van der Waals surface area contributed by atoms with Crippen LogP contribution in [0.3, 0.4) is 0 Å². The lowest BCUT2D eigenvalue weighted by Gasteiger charge is -2.03. The van der Waals surface area contributed by atoms with Crippen molar-refractivity contribution in [1.82, 2.24) is 9.97 Å². The van der Waals surface area contributed by atoms with Crippen LogP contribution in [0, 0.1) is 5.82 Å². The number of aromatic hydroxyl groups is 1. The molecule has 1 aromatic heterocycles. The van der Waals surface area contributed by atoms with E-state index in [9.17, 15) is 9.50 Å². The van der Waals surface area contributed by atoms with Gasteiger partial charge in [0.2, 0.25) is 0 Å². The summed E-state index contributed by atoms with van der Waals surface area (Å²) >= 11 is 0. The third-order valence-corrected chi connectivity index (χ3v) is 4.02. The van der Waals surface area contributed by atoms with Crippen LogP contribution in [0.2, 0.25) is 0 Å². The fraction of sp³-hybridized carbons (Fsp3) is 0.0435. The molecule has 0 unspecified atom stereocenters. The molecule has 3 aromatic carbocycles. The molecule has 0 saturated heterocycles. The molecule has 4 rings (SSSR count). The van der Waals surface area contributed by atoms with E-state index in [1.54, 1.807) is 36.4 Å². The molecule has 4 aromatic rings. The number of carboxylic acids is 1. The molecular formula is C23H19FN2O3. The number of phenolic OH excluding ortho intramolecular Hbond substituents is 1. The summed E-state index contributed by atoms with van der Waals surface area (Å²) in [4.78, 5) is 17.1. The highest BCUT2D eigenvalue weighted by Gasteiger charge is 2.15. The average molecular weight is 390 g/mol. The van der Waals surface area contributed by atoms with Crippen LogP contribution >= 0.6 is 0 Å². The number of aromatic nitrogens is 2. The molecule has 0 aliphatic heterocycles. The average Bonchev–Trinajstić information content (AvgIpc) is 3.15. The number of aliphatic carboxylic acids is 1. The standard InChI is InChI=1S/C21H15FN2O.C2H4O2/c22-17-10-6-15(7-11-17)20-19(14-4-2-1-3-5-14)23-21(24-20)16-8-12-18(25)13-9-16;1-2(3)4/h1-13,25H,(H,23,24);1H3,(H,3,4). The van der Waals surface area contributed by atoms with Gasteiger partial charge in [-0.3, -0.25) is 4.79 Å². The molecular weight excluding hydrogens is 371 g/mol. The Bertz CT molecular complexity index is 1090. The summed E-state index contributed by atoms with van der Waals surface area (Å²) < 4.78 is 13.3. The van der Waals surface area contributed by atoms with Gasteiger partial charge in [0.25, 0.3) is 5.97 Å². The number of halogens is 1. The van der Waals surface area contributed by atoms with Gasteiger partial charge in [-0.1, -0.05) is 30.3 Å². The van der Waals surface area contributed by atoms with Crippen molar-refractivity contribution < 1.29 is 19.4 Å². The number of benzene rings is 3. The largest absolute Gasteiger partial charge is 0.508 e. The highest BCUT2D eigenvalue weighted by Crippen LogP contribution is 2.33. The smallest absolute Gasteiger partial charge is 0.300 e. The quantitative estimate of drug-likeness (QED) is 0.440. The van der Waals surface area contributed by atoms with Crippen molar-refractivity contribution >= 4 is 5.97 Å². The van der Waals surface area contributed by atoms with E-state index < -0.39 is 5.97 Å². The SMILES string of the molecule is CC(=O)O.Oc1ccc(-c2nc(-c3ccccc3)c(-c3ccc(F)cc3)[nH]2)cc1. The van der Waals surface area contributed by atoms with E-state index in [0.717, 1.165) is 35.0 Å². The molecule has 0 bridgehead atoms. The second-order valence-corrected chi connectivity index (χ2v) is 6.25. The Kier molecular flexibility index (Phi) is 6.04. The van der Waals surface area contributed by atoms with Gasteiger partial charge in [-0.25, -0.2) is 9.37 Å². The van der Waals surface area contributed by atoms with Crippen LogP contribution < -0.4 is 0 Å². The molecule has 0 radical (unpaired) electrons. The monoisotopic (exact) mass is 390 g/mol. The van der Waals surface area contributed by atoms with E-state index >= 15 is 0 Å². The Morgan fingerprint density at radius 3 is 2.00 bits per heavy atom. The molecule has 0 amide bonds. The first kappa shape index (κ1) is 19.8. The predicted molar refractivity (Wildman–Crippen MR) is 110 cm³/mol. The summed E-state index contributed by atoms with van der Waals surface area (Å²) in [5.74, 6) is -0.209. The van der Waals surface area contributed by atoms with Crippen LogP contribution in [-0.4, -0.2) is 26.2 Å². The molecule has 0 spiro atoms. The number of rotatable bonds is 3. The van der Waals surface area contributed by atoms with Crippen molar-refractivity contribution in [3.8, 4) is 39.7 Å². The summed E-state index contributed by atoms with van der Waals surface area (Å²) in [6, 6.07) is 23.0. The van der Waals surface area contributed by atoms with Crippen LogP contribution in [0.4, 0.5) is 4.39 Å². The number of nitrogens with zero attached hydrogens (tertiary/aromatic N) is 1. The van der Waals surface area contributed by atoms with Crippen LogP contribution in [0.1, 0.15) is 6.92 Å².